The van der Waals surface area contributed by atoms with Gasteiger partial charge in [0.05, 0.1) is 5.70 Å². The van der Waals surface area contributed by atoms with Crippen LogP contribution in [-0.2, 0) is 4.79 Å². The Morgan fingerprint density at radius 1 is 1.45 bits per heavy atom. The fourth-order valence-corrected chi connectivity index (χ4v) is 0.713. The molecule has 0 fully saturated rings. The molecule has 0 amide bonds. The minimum atomic E-state index is 0.298. The fraction of sp³-hybridized carbons (Fsp3) is 0.625. The van der Waals surface area contributed by atoms with Gasteiger partial charge in [-0.1, -0.05) is 0 Å². The SMILES string of the molecule is CC(C)NC(C=O)=CN(C)C. The maximum absolute atomic E-state index is 10.4. The number of allylic oxidation sites excluding steroid dienone is 1. The molecule has 3 nitrogen and oxygen atoms in total. The number of hydrogen-bond acceptors (Lipinski definition) is 3. The molecule has 0 saturated carbocycles. The Labute approximate surface area is 68.1 Å². The van der Waals surface area contributed by atoms with Crippen molar-refractivity contribution in [3.63, 3.8) is 0 Å². The van der Waals surface area contributed by atoms with E-state index >= 15 is 0 Å². The van der Waals surface area contributed by atoms with Crippen molar-refractivity contribution in [2.75, 3.05) is 14.1 Å². The third-order valence-corrected chi connectivity index (χ3v) is 0.980. The van der Waals surface area contributed by atoms with Gasteiger partial charge >= 0.3 is 0 Å². The van der Waals surface area contributed by atoms with Crippen molar-refractivity contribution >= 4 is 6.29 Å². The topological polar surface area (TPSA) is 32.3 Å². The summed E-state index contributed by atoms with van der Waals surface area (Å²) in [5, 5.41) is 3.01. The van der Waals surface area contributed by atoms with E-state index in [2.05, 4.69) is 5.32 Å². The normalized spacial score (nSPS) is 11.5. The van der Waals surface area contributed by atoms with E-state index in [1.165, 1.54) is 0 Å². The molecule has 0 aromatic carbocycles. The van der Waals surface area contributed by atoms with Gasteiger partial charge in [-0.3, -0.25) is 4.79 Å². The highest BCUT2D eigenvalue weighted by Gasteiger charge is 1.96. The van der Waals surface area contributed by atoms with Crippen LogP contribution in [0.1, 0.15) is 13.8 Å². The predicted molar refractivity (Wildman–Crippen MR) is 46.1 cm³/mol. The third-order valence-electron chi connectivity index (χ3n) is 0.980. The van der Waals surface area contributed by atoms with Crippen molar-refractivity contribution in [3.05, 3.63) is 11.9 Å². The van der Waals surface area contributed by atoms with Crippen LogP contribution in [0.2, 0.25) is 0 Å². The molecule has 11 heavy (non-hydrogen) atoms. The van der Waals surface area contributed by atoms with Gasteiger partial charge in [-0.15, -0.1) is 0 Å². The summed E-state index contributed by atoms with van der Waals surface area (Å²) >= 11 is 0. The first-order valence-electron chi connectivity index (χ1n) is 3.66. The Morgan fingerprint density at radius 3 is 2.27 bits per heavy atom. The van der Waals surface area contributed by atoms with E-state index in [4.69, 9.17) is 0 Å². The molecule has 0 heterocycles. The van der Waals surface area contributed by atoms with Gasteiger partial charge in [0.2, 0.25) is 0 Å². The molecule has 0 unspecified atom stereocenters. The van der Waals surface area contributed by atoms with Crippen LogP contribution in [0, 0.1) is 0 Å². The Hall–Kier alpha value is -0.990. The van der Waals surface area contributed by atoms with Crippen LogP contribution in [0.5, 0.6) is 0 Å². The van der Waals surface area contributed by atoms with Crippen LogP contribution in [0.4, 0.5) is 0 Å². The maximum Gasteiger partial charge on any atom is 0.167 e. The van der Waals surface area contributed by atoms with E-state index in [0.717, 1.165) is 6.29 Å². The van der Waals surface area contributed by atoms with Crippen LogP contribution < -0.4 is 5.32 Å². The van der Waals surface area contributed by atoms with Gasteiger partial charge in [0, 0.05) is 26.3 Å². The molecule has 0 saturated heterocycles. The lowest BCUT2D eigenvalue weighted by Crippen LogP contribution is -2.24. The first-order valence-corrected chi connectivity index (χ1v) is 3.66. The highest BCUT2D eigenvalue weighted by atomic mass is 16.1. The predicted octanol–water partition coefficient (Wildman–Crippen LogP) is 0.586. The highest BCUT2D eigenvalue weighted by molar-refractivity contribution is 5.72. The van der Waals surface area contributed by atoms with Crippen molar-refractivity contribution in [3.8, 4) is 0 Å². The van der Waals surface area contributed by atoms with Gasteiger partial charge in [0.15, 0.2) is 6.29 Å². The Kier molecular flexibility index (Phi) is 4.34. The van der Waals surface area contributed by atoms with Crippen molar-refractivity contribution in [2.45, 2.75) is 19.9 Å². The molecule has 64 valence electrons. The molecule has 0 bridgehead atoms. The summed E-state index contributed by atoms with van der Waals surface area (Å²) < 4.78 is 0. The summed E-state index contributed by atoms with van der Waals surface area (Å²) in [7, 11) is 3.76. The molecule has 1 N–H and O–H groups in total. The summed E-state index contributed by atoms with van der Waals surface area (Å²) in [6.07, 6.45) is 2.58. The van der Waals surface area contributed by atoms with Gasteiger partial charge in [0.1, 0.15) is 0 Å². The smallest absolute Gasteiger partial charge is 0.167 e. The van der Waals surface area contributed by atoms with E-state index < -0.39 is 0 Å². The van der Waals surface area contributed by atoms with Crippen LogP contribution in [-0.4, -0.2) is 31.3 Å². The molecule has 0 rings (SSSR count). The first-order chi connectivity index (χ1) is 5.06. The second-order valence-corrected chi connectivity index (χ2v) is 2.96. The molecule has 0 aliphatic carbocycles. The summed E-state index contributed by atoms with van der Waals surface area (Å²) in [6, 6.07) is 0.298. The average molecular weight is 156 g/mol. The van der Waals surface area contributed by atoms with E-state index in [-0.39, 0.29) is 0 Å². The summed E-state index contributed by atoms with van der Waals surface area (Å²) in [5.41, 5.74) is 0.616. The number of carbonyl (C=O) groups is 1. The van der Waals surface area contributed by atoms with E-state index in [9.17, 15) is 4.79 Å². The molecule has 0 aliphatic heterocycles. The molecule has 0 atom stereocenters. The largest absolute Gasteiger partial charge is 0.382 e. The zero-order chi connectivity index (χ0) is 8.85. The van der Waals surface area contributed by atoms with Crippen molar-refractivity contribution in [2.24, 2.45) is 0 Å². The molecule has 0 aromatic heterocycles. The van der Waals surface area contributed by atoms with E-state index in [0.29, 0.717) is 11.7 Å². The lowest BCUT2D eigenvalue weighted by atomic mass is 10.3. The lowest BCUT2D eigenvalue weighted by Gasteiger charge is -2.11. The van der Waals surface area contributed by atoms with E-state index in [1.54, 1.807) is 6.20 Å². The molecular weight excluding hydrogens is 140 g/mol. The Balaban J connectivity index is 4.05. The molecule has 0 radical (unpaired) electrons. The lowest BCUT2D eigenvalue weighted by molar-refractivity contribution is -0.105. The number of nitrogens with zero attached hydrogens (tertiary/aromatic N) is 1. The first kappa shape index (κ1) is 10.0. The van der Waals surface area contributed by atoms with Gasteiger partial charge < -0.3 is 10.2 Å². The van der Waals surface area contributed by atoms with Gasteiger partial charge in [-0.25, -0.2) is 0 Å². The van der Waals surface area contributed by atoms with Crippen LogP contribution in [0.3, 0.4) is 0 Å². The Morgan fingerprint density at radius 2 is 2.00 bits per heavy atom. The summed E-state index contributed by atoms with van der Waals surface area (Å²) in [6.45, 7) is 3.99. The number of carbonyl (C=O) groups excluding carboxylic acids is 1. The molecular formula is C8H16N2O. The molecule has 0 spiro atoms. The van der Waals surface area contributed by atoms with Crippen molar-refractivity contribution in [1.29, 1.82) is 0 Å². The van der Waals surface area contributed by atoms with Gasteiger partial charge in [-0.2, -0.15) is 0 Å². The van der Waals surface area contributed by atoms with Crippen molar-refractivity contribution in [1.82, 2.24) is 10.2 Å². The van der Waals surface area contributed by atoms with Gasteiger partial charge in [-0.05, 0) is 13.8 Å². The second-order valence-electron chi connectivity index (χ2n) is 2.96. The monoisotopic (exact) mass is 156 g/mol. The fourth-order valence-electron chi connectivity index (χ4n) is 0.713. The van der Waals surface area contributed by atoms with Gasteiger partial charge in [0.25, 0.3) is 0 Å². The second kappa shape index (κ2) is 4.77. The summed E-state index contributed by atoms with van der Waals surface area (Å²) in [4.78, 5) is 12.3. The van der Waals surface area contributed by atoms with Crippen LogP contribution in [0.25, 0.3) is 0 Å². The zero-order valence-electron chi connectivity index (χ0n) is 7.59. The van der Waals surface area contributed by atoms with Crippen LogP contribution >= 0.6 is 0 Å². The van der Waals surface area contributed by atoms with Crippen LogP contribution in [0.15, 0.2) is 11.9 Å². The molecule has 0 aromatic rings. The molecule has 0 aliphatic rings. The number of hydrogen-bond donors (Lipinski definition) is 1. The minimum Gasteiger partial charge on any atom is -0.382 e. The zero-order valence-corrected chi connectivity index (χ0v) is 7.59. The average Bonchev–Trinajstić information content (AvgIpc) is 1.84. The minimum absolute atomic E-state index is 0.298. The maximum atomic E-state index is 10.4. The summed E-state index contributed by atoms with van der Waals surface area (Å²) in [5.74, 6) is 0. The quantitative estimate of drug-likeness (QED) is 0.477. The number of aldehydes is 1. The highest BCUT2D eigenvalue weighted by Crippen LogP contribution is 1.89. The molecule has 3 heteroatoms. The number of nitrogens with one attached hydrogen (secondary N) is 1. The third kappa shape index (κ3) is 5.45. The van der Waals surface area contributed by atoms with E-state index in [1.807, 2.05) is 32.8 Å². The standard InChI is InChI=1S/C8H16N2O/c1-7(2)9-8(6-11)5-10(3)4/h5-7,9H,1-4H3. The Bertz CT molecular complexity index is 150. The number of rotatable bonds is 4. The van der Waals surface area contributed by atoms with Crippen molar-refractivity contribution < 1.29 is 4.79 Å².